The minimum absolute atomic E-state index is 0.00538. The van der Waals surface area contributed by atoms with E-state index < -0.39 is 36.7 Å². The summed E-state index contributed by atoms with van der Waals surface area (Å²) in [6, 6.07) is 0. The molecule has 0 aliphatic carbocycles. The number of sulfone groups is 1. The van der Waals surface area contributed by atoms with Crippen molar-refractivity contribution in [2.24, 2.45) is 12.5 Å². The molecule has 1 aromatic rings. The van der Waals surface area contributed by atoms with Gasteiger partial charge in [-0.15, -0.1) is 11.7 Å². The molecule has 0 aromatic carbocycles. The predicted octanol–water partition coefficient (Wildman–Crippen LogP) is 1.08. The monoisotopic (exact) mass is 455 g/mol. The highest BCUT2D eigenvalue weighted by molar-refractivity contribution is 8.15. The Balaban J connectivity index is 2.35. The molecular weight excluding hydrogens is 430 g/mol. The molecule has 0 N–H and O–H groups in total. The zero-order valence-electron chi connectivity index (χ0n) is 17.7. The fourth-order valence-electron chi connectivity index (χ4n) is 3.69. The molecule has 1 aromatic heterocycles. The number of fused-ring (bicyclic) bond motifs is 1. The second-order valence-corrected chi connectivity index (χ2v) is 12.1. The molecule has 0 saturated carbocycles. The number of tetrazole rings is 1. The van der Waals surface area contributed by atoms with Gasteiger partial charge in [-0.1, -0.05) is 38.6 Å². The summed E-state index contributed by atoms with van der Waals surface area (Å²) in [6.45, 7) is 10.5. The van der Waals surface area contributed by atoms with E-state index in [1.807, 2.05) is 0 Å². The number of nitrogens with zero attached hydrogens (tertiary/aromatic N) is 5. The lowest BCUT2D eigenvalue weighted by molar-refractivity contribution is -0.161. The third kappa shape index (κ3) is 2.95. The average molecular weight is 456 g/mol. The molecule has 164 valence electrons. The molecule has 1 unspecified atom stereocenters. The third-order valence-electron chi connectivity index (χ3n) is 5.34. The number of aryl methyl sites for hydroxylation is 1. The van der Waals surface area contributed by atoms with Crippen LogP contribution < -0.4 is 0 Å². The maximum Gasteiger partial charge on any atom is 0.260 e. The van der Waals surface area contributed by atoms with Gasteiger partial charge in [-0.2, -0.15) is 0 Å². The van der Waals surface area contributed by atoms with E-state index in [0.717, 1.165) is 16.7 Å². The van der Waals surface area contributed by atoms with Crippen molar-refractivity contribution < 1.29 is 22.7 Å². The van der Waals surface area contributed by atoms with E-state index in [1.54, 1.807) is 34.7 Å². The molecule has 1 fully saturated rings. The zero-order chi connectivity index (χ0) is 22.6. The SMILES string of the molecule is C=CCC1(Sc2nnnn2C)C(C)=C(C(=O)C(C)(C)C)N2C(=O)[C@H](OC)[C@H]2S1(=O)=O. The summed E-state index contributed by atoms with van der Waals surface area (Å²) in [4.78, 5) is 27.2. The number of ether oxygens (including phenoxy) is 1. The lowest BCUT2D eigenvalue weighted by atomic mass is 9.85. The van der Waals surface area contributed by atoms with Crippen molar-refractivity contribution in [3.63, 3.8) is 0 Å². The molecule has 10 nitrogen and oxygen atoms in total. The summed E-state index contributed by atoms with van der Waals surface area (Å²) in [5.41, 5.74) is -0.489. The minimum atomic E-state index is -4.08. The molecular formula is C18H25N5O5S2. The van der Waals surface area contributed by atoms with E-state index in [4.69, 9.17) is 4.74 Å². The first-order chi connectivity index (χ1) is 13.8. The number of hydrogen-bond donors (Lipinski definition) is 0. The first-order valence-corrected chi connectivity index (χ1v) is 11.6. The number of carbonyl (C=O) groups excluding carboxylic acids is 2. The molecule has 0 radical (unpaired) electrons. The van der Waals surface area contributed by atoms with Gasteiger partial charge in [-0.3, -0.25) is 14.5 Å². The number of amides is 1. The number of aromatic nitrogens is 4. The van der Waals surface area contributed by atoms with Crippen LogP contribution in [0.25, 0.3) is 0 Å². The second-order valence-electron chi connectivity index (χ2n) is 8.29. The van der Waals surface area contributed by atoms with Gasteiger partial charge in [0.25, 0.3) is 5.91 Å². The van der Waals surface area contributed by atoms with Crippen molar-refractivity contribution in [3.05, 3.63) is 23.9 Å². The molecule has 2 aliphatic rings. The van der Waals surface area contributed by atoms with E-state index in [1.165, 1.54) is 17.9 Å². The van der Waals surface area contributed by atoms with Gasteiger partial charge in [0.05, 0.1) is 5.70 Å². The Morgan fingerprint density at radius 3 is 2.50 bits per heavy atom. The van der Waals surface area contributed by atoms with E-state index >= 15 is 0 Å². The molecule has 0 spiro atoms. The molecule has 1 amide bonds. The van der Waals surface area contributed by atoms with Gasteiger partial charge >= 0.3 is 0 Å². The first kappa shape index (κ1) is 22.6. The van der Waals surface area contributed by atoms with Gasteiger partial charge in [0.1, 0.15) is 0 Å². The van der Waals surface area contributed by atoms with Crippen molar-refractivity contribution >= 4 is 33.3 Å². The van der Waals surface area contributed by atoms with Gasteiger partial charge in [-0.25, -0.2) is 13.1 Å². The summed E-state index contributed by atoms with van der Waals surface area (Å²) < 4.78 is 32.7. The molecule has 1 saturated heterocycles. The molecule has 3 rings (SSSR count). The van der Waals surface area contributed by atoms with E-state index in [0.29, 0.717) is 0 Å². The normalized spacial score (nSPS) is 28.2. The Labute approximate surface area is 179 Å². The second kappa shape index (κ2) is 7.27. The molecule has 2 aliphatic heterocycles. The Hall–Kier alpha value is -2.05. The lowest BCUT2D eigenvalue weighted by Crippen LogP contribution is -2.74. The Bertz CT molecular complexity index is 1060. The number of rotatable bonds is 6. The van der Waals surface area contributed by atoms with Crippen LogP contribution in [-0.4, -0.2) is 67.9 Å². The number of ketones is 1. The van der Waals surface area contributed by atoms with E-state index in [-0.39, 0.29) is 28.6 Å². The van der Waals surface area contributed by atoms with Gasteiger partial charge in [0.15, 0.2) is 31.2 Å². The molecule has 30 heavy (non-hydrogen) atoms. The van der Waals surface area contributed by atoms with Crippen LogP contribution in [0, 0.1) is 5.41 Å². The third-order valence-corrected chi connectivity index (χ3v) is 10.1. The fourth-order valence-corrected chi connectivity index (χ4v) is 7.97. The van der Waals surface area contributed by atoms with Crippen molar-refractivity contribution in [1.82, 2.24) is 25.1 Å². The van der Waals surface area contributed by atoms with Crippen molar-refractivity contribution in [2.75, 3.05) is 7.11 Å². The summed E-state index contributed by atoms with van der Waals surface area (Å²) in [5, 5.41) is 10.2. The fraction of sp³-hybridized carbons (Fsp3) is 0.611. The van der Waals surface area contributed by atoms with Crippen LogP contribution in [-0.2, 0) is 31.2 Å². The van der Waals surface area contributed by atoms with Crippen LogP contribution in [0.15, 0.2) is 29.1 Å². The highest BCUT2D eigenvalue weighted by Crippen LogP contribution is 2.55. The molecule has 3 atom stereocenters. The van der Waals surface area contributed by atoms with Crippen molar-refractivity contribution in [2.45, 2.75) is 54.8 Å². The van der Waals surface area contributed by atoms with Crippen molar-refractivity contribution in [3.8, 4) is 0 Å². The average Bonchev–Trinajstić information content (AvgIpc) is 3.04. The van der Waals surface area contributed by atoms with Gasteiger partial charge in [-0.05, 0) is 29.3 Å². The zero-order valence-corrected chi connectivity index (χ0v) is 19.4. The number of Topliss-reactive ketones (excluding diaryl/α,β-unsaturated/α-hetero) is 1. The smallest absolute Gasteiger partial charge is 0.260 e. The molecule has 12 heteroatoms. The Kier molecular flexibility index (Phi) is 5.49. The number of thioether (sulfide) groups is 1. The number of methoxy groups -OCH3 is 1. The highest BCUT2D eigenvalue weighted by Gasteiger charge is 2.68. The van der Waals surface area contributed by atoms with Gasteiger partial charge in [0, 0.05) is 19.6 Å². The van der Waals surface area contributed by atoms with Crippen LogP contribution in [0.3, 0.4) is 0 Å². The Morgan fingerprint density at radius 2 is 2.03 bits per heavy atom. The van der Waals surface area contributed by atoms with Crippen LogP contribution in [0.1, 0.15) is 34.1 Å². The standard InChI is InChI=1S/C18H25N5O5S2/c1-8-9-18(29-16-19-20-21-22(16)6)10(2)11(13(24)17(3,4)5)23-14(25)12(28-7)15(23)30(18,26)27/h8,12,15H,1,9H2,2-7H3/t12-,15+,18?/m0/s1. The summed E-state index contributed by atoms with van der Waals surface area (Å²) in [5.74, 6) is -0.872. The lowest BCUT2D eigenvalue weighted by Gasteiger charge is -2.54. The first-order valence-electron chi connectivity index (χ1n) is 9.23. The topological polar surface area (TPSA) is 124 Å². The highest BCUT2D eigenvalue weighted by atomic mass is 32.3. The summed E-state index contributed by atoms with van der Waals surface area (Å²) in [7, 11) is -1.21. The summed E-state index contributed by atoms with van der Waals surface area (Å²) >= 11 is 0.934. The number of β-lactam (4-membered cyclic amide) rings is 1. The molecule has 3 heterocycles. The number of hydrogen-bond acceptors (Lipinski definition) is 9. The predicted molar refractivity (Wildman–Crippen MR) is 110 cm³/mol. The van der Waals surface area contributed by atoms with Gasteiger partial charge in [0.2, 0.25) is 5.16 Å². The van der Waals surface area contributed by atoms with Gasteiger partial charge < -0.3 is 4.74 Å². The van der Waals surface area contributed by atoms with Crippen molar-refractivity contribution in [1.29, 1.82) is 0 Å². The number of allylic oxidation sites excluding steroid dienone is 2. The Morgan fingerprint density at radius 1 is 1.40 bits per heavy atom. The van der Waals surface area contributed by atoms with E-state index in [2.05, 4.69) is 22.1 Å². The van der Waals surface area contributed by atoms with Crippen LogP contribution >= 0.6 is 11.8 Å². The maximum atomic E-state index is 13.9. The maximum absolute atomic E-state index is 13.9. The van der Waals surface area contributed by atoms with Crippen LogP contribution in [0.4, 0.5) is 0 Å². The summed E-state index contributed by atoms with van der Waals surface area (Å²) in [6.07, 6.45) is 0.289. The van der Waals surface area contributed by atoms with E-state index in [9.17, 15) is 18.0 Å². The van der Waals surface area contributed by atoms with Crippen LogP contribution in [0.5, 0.6) is 0 Å². The van der Waals surface area contributed by atoms with Crippen LogP contribution in [0.2, 0.25) is 0 Å². The number of carbonyl (C=O) groups is 2. The molecule has 0 bridgehead atoms. The minimum Gasteiger partial charge on any atom is -0.368 e. The quantitative estimate of drug-likeness (QED) is 0.457. The largest absolute Gasteiger partial charge is 0.368 e.